The molecule has 0 radical (unpaired) electrons. The fourth-order valence-corrected chi connectivity index (χ4v) is 2.55. The van der Waals surface area contributed by atoms with Crippen molar-refractivity contribution < 1.29 is 13.9 Å². The Bertz CT molecular complexity index is 513. The van der Waals surface area contributed by atoms with Crippen LogP contribution in [0.15, 0.2) is 24.3 Å². The summed E-state index contributed by atoms with van der Waals surface area (Å²) in [6.07, 6.45) is 0.331. The summed E-state index contributed by atoms with van der Waals surface area (Å²) in [7, 11) is 0. The Morgan fingerprint density at radius 3 is 2.76 bits per heavy atom. The molecule has 2 rings (SSSR count). The molecule has 5 heteroatoms. The average molecular weight is 294 g/mol. The van der Waals surface area contributed by atoms with E-state index in [1.165, 1.54) is 12.1 Å². The maximum absolute atomic E-state index is 13.2. The van der Waals surface area contributed by atoms with Gasteiger partial charge in [-0.15, -0.1) is 0 Å². The third-order valence-corrected chi connectivity index (χ3v) is 3.53. The van der Waals surface area contributed by atoms with Gasteiger partial charge in [-0.05, 0) is 50.8 Å². The van der Waals surface area contributed by atoms with Gasteiger partial charge in [0.05, 0.1) is 0 Å². The smallest absolute Gasteiger partial charge is 0.410 e. The van der Waals surface area contributed by atoms with Crippen molar-refractivity contribution in [2.45, 2.75) is 38.8 Å². The molecule has 1 aromatic rings. The van der Waals surface area contributed by atoms with E-state index in [9.17, 15) is 9.18 Å². The van der Waals surface area contributed by atoms with Crippen molar-refractivity contribution in [2.75, 3.05) is 13.1 Å². The van der Waals surface area contributed by atoms with E-state index in [1.54, 1.807) is 11.0 Å². The van der Waals surface area contributed by atoms with Crippen molar-refractivity contribution in [2.24, 2.45) is 11.7 Å². The van der Waals surface area contributed by atoms with Gasteiger partial charge in [-0.25, -0.2) is 9.18 Å². The summed E-state index contributed by atoms with van der Waals surface area (Å²) in [6, 6.07) is 6.40. The number of hydrogen-bond donors (Lipinski definition) is 1. The largest absolute Gasteiger partial charge is 0.444 e. The van der Waals surface area contributed by atoms with Crippen LogP contribution in [0.4, 0.5) is 9.18 Å². The van der Waals surface area contributed by atoms with Gasteiger partial charge in [-0.2, -0.15) is 0 Å². The minimum atomic E-state index is -0.512. The normalized spacial score (nSPS) is 22.4. The number of hydrogen-bond acceptors (Lipinski definition) is 3. The first-order chi connectivity index (χ1) is 9.74. The highest BCUT2D eigenvalue weighted by Crippen LogP contribution is 2.22. The van der Waals surface area contributed by atoms with E-state index in [0.717, 1.165) is 5.56 Å². The van der Waals surface area contributed by atoms with Gasteiger partial charge >= 0.3 is 6.09 Å². The number of carbonyl (C=O) groups is 1. The Morgan fingerprint density at radius 2 is 2.14 bits per heavy atom. The highest BCUT2D eigenvalue weighted by atomic mass is 19.1. The van der Waals surface area contributed by atoms with E-state index in [0.29, 0.717) is 19.5 Å². The molecule has 1 amide bonds. The van der Waals surface area contributed by atoms with Crippen LogP contribution in [-0.2, 0) is 11.2 Å². The lowest BCUT2D eigenvalue weighted by Gasteiger charge is -2.24. The zero-order valence-corrected chi connectivity index (χ0v) is 12.8. The number of benzene rings is 1. The Morgan fingerprint density at radius 1 is 1.43 bits per heavy atom. The van der Waals surface area contributed by atoms with Crippen LogP contribution in [0.2, 0.25) is 0 Å². The molecule has 0 bridgehead atoms. The fraction of sp³-hybridized carbons (Fsp3) is 0.562. The first-order valence-corrected chi connectivity index (χ1v) is 7.22. The molecule has 0 spiro atoms. The molecule has 2 unspecified atom stereocenters. The average Bonchev–Trinajstić information content (AvgIpc) is 2.69. The third kappa shape index (κ3) is 4.43. The van der Waals surface area contributed by atoms with E-state index in [4.69, 9.17) is 10.5 Å². The van der Waals surface area contributed by atoms with Gasteiger partial charge in [-0.1, -0.05) is 12.1 Å². The van der Waals surface area contributed by atoms with Crippen LogP contribution in [-0.4, -0.2) is 35.7 Å². The monoisotopic (exact) mass is 294 g/mol. The van der Waals surface area contributed by atoms with Gasteiger partial charge < -0.3 is 15.4 Å². The number of nitrogens with zero attached hydrogens (tertiary/aromatic N) is 1. The molecule has 1 saturated heterocycles. The van der Waals surface area contributed by atoms with Crippen LogP contribution >= 0.6 is 0 Å². The molecule has 0 saturated carbocycles. The zero-order chi connectivity index (χ0) is 15.6. The number of likely N-dealkylation sites (tertiary alicyclic amines) is 1. The molecule has 1 aliphatic heterocycles. The second-order valence-corrected chi connectivity index (χ2v) is 6.64. The van der Waals surface area contributed by atoms with Crippen LogP contribution in [0.25, 0.3) is 0 Å². The Labute approximate surface area is 125 Å². The lowest BCUT2D eigenvalue weighted by molar-refractivity contribution is 0.0286. The quantitative estimate of drug-likeness (QED) is 0.912. The van der Waals surface area contributed by atoms with E-state index in [2.05, 4.69) is 0 Å². The van der Waals surface area contributed by atoms with E-state index >= 15 is 0 Å². The molecule has 0 aliphatic carbocycles. The first-order valence-electron chi connectivity index (χ1n) is 7.22. The summed E-state index contributed by atoms with van der Waals surface area (Å²) < 4.78 is 18.6. The van der Waals surface area contributed by atoms with Crippen molar-refractivity contribution in [1.29, 1.82) is 0 Å². The van der Waals surface area contributed by atoms with E-state index in [-0.39, 0.29) is 23.9 Å². The molecule has 116 valence electrons. The number of rotatable bonds is 2. The minimum absolute atomic E-state index is 0.110. The summed E-state index contributed by atoms with van der Waals surface area (Å²) in [6.45, 7) is 6.54. The van der Waals surface area contributed by atoms with Gasteiger partial charge in [0.15, 0.2) is 0 Å². The van der Waals surface area contributed by atoms with E-state index < -0.39 is 5.60 Å². The summed E-state index contributed by atoms with van der Waals surface area (Å²) >= 11 is 0. The summed E-state index contributed by atoms with van der Waals surface area (Å²) in [4.78, 5) is 13.7. The molecule has 2 atom stereocenters. The molecule has 4 nitrogen and oxygen atoms in total. The van der Waals surface area contributed by atoms with Crippen molar-refractivity contribution in [1.82, 2.24) is 4.90 Å². The molecule has 2 N–H and O–H groups in total. The van der Waals surface area contributed by atoms with Gasteiger partial charge in [0.25, 0.3) is 0 Å². The molecule has 1 aliphatic rings. The molecular formula is C16H23FN2O2. The molecule has 21 heavy (non-hydrogen) atoms. The van der Waals surface area contributed by atoms with Gasteiger partial charge in [0.2, 0.25) is 0 Å². The van der Waals surface area contributed by atoms with Crippen LogP contribution in [0.1, 0.15) is 26.3 Å². The Hall–Kier alpha value is -1.62. The van der Waals surface area contributed by atoms with Crippen LogP contribution in [0, 0.1) is 11.7 Å². The fourth-order valence-electron chi connectivity index (χ4n) is 2.55. The van der Waals surface area contributed by atoms with Crippen molar-refractivity contribution >= 4 is 6.09 Å². The molecule has 1 heterocycles. The Balaban J connectivity index is 1.96. The predicted molar refractivity (Wildman–Crippen MR) is 79.4 cm³/mol. The van der Waals surface area contributed by atoms with Crippen molar-refractivity contribution in [3.63, 3.8) is 0 Å². The number of carbonyl (C=O) groups excluding carboxylic acids is 1. The molecule has 0 aromatic heterocycles. The summed E-state index contributed by atoms with van der Waals surface area (Å²) in [5, 5.41) is 0. The number of ether oxygens (including phenoxy) is 1. The maximum atomic E-state index is 13.2. The minimum Gasteiger partial charge on any atom is -0.444 e. The highest BCUT2D eigenvalue weighted by molar-refractivity contribution is 5.68. The predicted octanol–water partition coefficient (Wildman–Crippen LogP) is 2.56. The topological polar surface area (TPSA) is 55.6 Å². The zero-order valence-electron chi connectivity index (χ0n) is 12.8. The third-order valence-electron chi connectivity index (χ3n) is 3.53. The van der Waals surface area contributed by atoms with Gasteiger partial charge in [0.1, 0.15) is 11.4 Å². The number of halogens is 1. The summed E-state index contributed by atoms with van der Waals surface area (Å²) in [5.74, 6) is -0.123. The Kier molecular flexibility index (Phi) is 4.52. The number of nitrogens with two attached hydrogens (primary N) is 1. The van der Waals surface area contributed by atoms with Crippen LogP contribution < -0.4 is 5.73 Å². The van der Waals surface area contributed by atoms with Gasteiger partial charge in [-0.3, -0.25) is 0 Å². The summed E-state index contributed by atoms with van der Waals surface area (Å²) in [5.41, 5.74) is 6.51. The second kappa shape index (κ2) is 6.02. The molecule has 1 aromatic carbocycles. The maximum Gasteiger partial charge on any atom is 0.410 e. The first kappa shape index (κ1) is 15.8. The van der Waals surface area contributed by atoms with E-state index in [1.807, 2.05) is 26.8 Å². The van der Waals surface area contributed by atoms with Gasteiger partial charge in [0, 0.05) is 19.1 Å². The molecule has 1 fully saturated rings. The lowest BCUT2D eigenvalue weighted by atomic mass is 9.95. The SMILES string of the molecule is CC(C)(C)OC(=O)N1CC(N)C(Cc2cccc(F)c2)C1. The highest BCUT2D eigenvalue weighted by Gasteiger charge is 2.35. The lowest BCUT2D eigenvalue weighted by Crippen LogP contribution is -2.36. The standard InChI is InChI=1S/C16H23FN2O2/c1-16(2,3)21-15(20)19-9-12(14(18)10-19)7-11-5-4-6-13(17)8-11/h4-6,8,12,14H,7,9-10,18H2,1-3H3. The second-order valence-electron chi connectivity index (χ2n) is 6.64. The van der Waals surface area contributed by atoms with Crippen LogP contribution in [0.5, 0.6) is 0 Å². The number of amides is 1. The van der Waals surface area contributed by atoms with Crippen molar-refractivity contribution in [3.05, 3.63) is 35.6 Å². The van der Waals surface area contributed by atoms with Crippen LogP contribution in [0.3, 0.4) is 0 Å². The van der Waals surface area contributed by atoms with Crippen molar-refractivity contribution in [3.8, 4) is 0 Å². The molecular weight excluding hydrogens is 271 g/mol.